The molecule has 0 bridgehead atoms. The molecule has 1 aromatic heterocycles. The van der Waals surface area contributed by atoms with Crippen molar-refractivity contribution in [2.75, 3.05) is 0 Å². The fraction of sp³-hybridized carbons (Fsp3) is 0.231. The summed E-state index contributed by atoms with van der Waals surface area (Å²) in [5, 5.41) is 10.5. The number of benzene rings is 1. The van der Waals surface area contributed by atoms with Crippen molar-refractivity contribution >= 4 is 11.6 Å². The van der Waals surface area contributed by atoms with Gasteiger partial charge in [0, 0.05) is 5.56 Å². The fourth-order valence-electron chi connectivity index (χ4n) is 1.74. The summed E-state index contributed by atoms with van der Waals surface area (Å²) < 4.78 is 4.98. The van der Waals surface area contributed by atoms with Gasteiger partial charge in [0.2, 0.25) is 0 Å². The van der Waals surface area contributed by atoms with Crippen LogP contribution in [0.2, 0.25) is 5.22 Å². The number of aliphatic hydroxyl groups excluding tert-OH is 1. The molecule has 2 aromatic rings. The molecular formula is C13H13ClO2. The highest BCUT2D eigenvalue weighted by Crippen LogP contribution is 2.31. The van der Waals surface area contributed by atoms with E-state index in [2.05, 4.69) is 0 Å². The molecule has 0 amide bonds. The molecule has 0 spiro atoms. The zero-order valence-electron chi connectivity index (χ0n) is 9.20. The van der Waals surface area contributed by atoms with Crippen molar-refractivity contribution in [1.29, 1.82) is 0 Å². The summed E-state index contributed by atoms with van der Waals surface area (Å²) in [7, 11) is 0. The zero-order valence-corrected chi connectivity index (χ0v) is 9.95. The summed E-state index contributed by atoms with van der Waals surface area (Å²) in [4.78, 5) is 0. The summed E-state index contributed by atoms with van der Waals surface area (Å²) in [5.74, 6) is 0. The van der Waals surface area contributed by atoms with Gasteiger partial charge in [0.05, 0.1) is 6.26 Å². The zero-order chi connectivity index (χ0) is 11.7. The molecule has 0 aliphatic heterocycles. The second kappa shape index (κ2) is 4.32. The van der Waals surface area contributed by atoms with Gasteiger partial charge in [-0.1, -0.05) is 18.2 Å². The molecule has 0 saturated heterocycles. The Labute approximate surface area is 99.5 Å². The van der Waals surface area contributed by atoms with Gasteiger partial charge in [0.25, 0.3) is 0 Å². The summed E-state index contributed by atoms with van der Waals surface area (Å²) in [6.07, 6.45) is 0.748. The number of aliphatic hydroxyl groups is 1. The lowest BCUT2D eigenvalue weighted by molar-refractivity contribution is 0.218. The first kappa shape index (κ1) is 11.2. The normalized spacial score (nSPS) is 12.8. The minimum atomic E-state index is -0.730. The highest BCUT2D eigenvalue weighted by atomic mass is 35.5. The second-order valence-corrected chi connectivity index (χ2v) is 4.18. The van der Waals surface area contributed by atoms with Crippen LogP contribution in [-0.2, 0) is 0 Å². The number of rotatable bonds is 2. The summed E-state index contributed by atoms with van der Waals surface area (Å²) in [6.45, 7) is 4.00. The van der Waals surface area contributed by atoms with Crippen molar-refractivity contribution in [2.45, 2.75) is 20.0 Å². The van der Waals surface area contributed by atoms with Gasteiger partial charge in [-0.25, -0.2) is 0 Å². The van der Waals surface area contributed by atoms with Crippen molar-refractivity contribution in [3.63, 3.8) is 0 Å². The predicted octanol–water partition coefficient (Wildman–Crippen LogP) is 3.63. The van der Waals surface area contributed by atoms with Crippen molar-refractivity contribution in [2.24, 2.45) is 0 Å². The maximum atomic E-state index is 10.2. The molecule has 2 nitrogen and oxygen atoms in total. The Morgan fingerprint density at radius 2 is 1.94 bits per heavy atom. The number of hydrogen-bond donors (Lipinski definition) is 1. The first-order valence-electron chi connectivity index (χ1n) is 5.08. The van der Waals surface area contributed by atoms with E-state index in [1.165, 1.54) is 6.26 Å². The third kappa shape index (κ3) is 1.86. The highest BCUT2D eigenvalue weighted by Gasteiger charge is 2.18. The average molecular weight is 237 g/mol. The van der Waals surface area contributed by atoms with Gasteiger partial charge in [-0.15, -0.1) is 0 Å². The Hall–Kier alpha value is -1.25. The van der Waals surface area contributed by atoms with Crippen LogP contribution < -0.4 is 0 Å². The van der Waals surface area contributed by atoms with E-state index in [-0.39, 0.29) is 5.22 Å². The topological polar surface area (TPSA) is 33.4 Å². The third-order valence-corrected chi connectivity index (χ3v) is 3.19. The van der Waals surface area contributed by atoms with Crippen molar-refractivity contribution < 1.29 is 9.52 Å². The van der Waals surface area contributed by atoms with Gasteiger partial charge in [-0.3, -0.25) is 0 Å². The summed E-state index contributed by atoms with van der Waals surface area (Å²) in [5.41, 5.74) is 3.70. The first-order valence-corrected chi connectivity index (χ1v) is 5.46. The lowest BCUT2D eigenvalue weighted by atomic mass is 9.96. The van der Waals surface area contributed by atoms with Crippen molar-refractivity contribution in [1.82, 2.24) is 0 Å². The lowest BCUT2D eigenvalue weighted by Crippen LogP contribution is -2.02. The van der Waals surface area contributed by atoms with Crippen LogP contribution in [0.4, 0.5) is 0 Å². The van der Waals surface area contributed by atoms with E-state index in [4.69, 9.17) is 16.0 Å². The van der Waals surface area contributed by atoms with Gasteiger partial charge in [-0.05, 0) is 48.2 Å². The largest absolute Gasteiger partial charge is 0.453 e. The lowest BCUT2D eigenvalue weighted by Gasteiger charge is -2.14. The molecule has 16 heavy (non-hydrogen) atoms. The van der Waals surface area contributed by atoms with Crippen LogP contribution >= 0.6 is 11.6 Å². The molecule has 1 unspecified atom stereocenters. The van der Waals surface area contributed by atoms with E-state index in [1.807, 2.05) is 32.0 Å². The third-order valence-electron chi connectivity index (χ3n) is 2.88. The smallest absolute Gasteiger partial charge is 0.199 e. The molecule has 3 heteroatoms. The molecule has 0 radical (unpaired) electrons. The number of halogens is 1. The van der Waals surface area contributed by atoms with E-state index < -0.39 is 6.10 Å². The van der Waals surface area contributed by atoms with Crippen LogP contribution in [0.3, 0.4) is 0 Å². The summed E-state index contributed by atoms with van der Waals surface area (Å²) >= 11 is 5.85. The maximum absolute atomic E-state index is 10.2. The van der Waals surface area contributed by atoms with E-state index in [1.54, 1.807) is 6.07 Å². The van der Waals surface area contributed by atoms with E-state index >= 15 is 0 Å². The molecule has 0 saturated carbocycles. The van der Waals surface area contributed by atoms with E-state index in [0.717, 1.165) is 16.7 Å². The average Bonchev–Trinajstić information content (AvgIpc) is 2.68. The molecule has 0 aliphatic carbocycles. The van der Waals surface area contributed by atoms with E-state index in [0.29, 0.717) is 5.56 Å². The molecule has 1 N–H and O–H groups in total. The standard InChI is InChI=1S/C13H13ClO2/c1-8-4-3-5-10(9(8)2)12(15)11-6-7-16-13(11)14/h3-7,12,15H,1-2H3. The quantitative estimate of drug-likeness (QED) is 0.864. The van der Waals surface area contributed by atoms with Crippen LogP contribution in [0.15, 0.2) is 34.9 Å². The fourth-order valence-corrected chi connectivity index (χ4v) is 1.95. The minimum absolute atomic E-state index is 0.244. The predicted molar refractivity (Wildman–Crippen MR) is 63.7 cm³/mol. The van der Waals surface area contributed by atoms with Gasteiger partial charge in [0.15, 0.2) is 5.22 Å². The second-order valence-electron chi connectivity index (χ2n) is 3.84. The molecule has 1 atom stereocenters. The molecule has 1 aromatic carbocycles. The number of hydrogen-bond acceptors (Lipinski definition) is 2. The highest BCUT2D eigenvalue weighted by molar-refractivity contribution is 6.29. The Kier molecular flexibility index (Phi) is 3.03. The van der Waals surface area contributed by atoms with Crippen molar-refractivity contribution in [3.05, 3.63) is 58.0 Å². The Morgan fingerprint density at radius 1 is 1.19 bits per heavy atom. The molecule has 2 rings (SSSR count). The Balaban J connectivity index is 2.46. The SMILES string of the molecule is Cc1cccc(C(O)c2ccoc2Cl)c1C. The van der Waals surface area contributed by atoms with Gasteiger partial charge >= 0.3 is 0 Å². The summed E-state index contributed by atoms with van der Waals surface area (Å²) in [6, 6.07) is 7.53. The first-order chi connectivity index (χ1) is 7.61. The molecule has 84 valence electrons. The minimum Gasteiger partial charge on any atom is -0.453 e. The van der Waals surface area contributed by atoms with Crippen LogP contribution in [0.5, 0.6) is 0 Å². The van der Waals surface area contributed by atoms with E-state index in [9.17, 15) is 5.11 Å². The van der Waals surface area contributed by atoms with Crippen LogP contribution in [0, 0.1) is 13.8 Å². The maximum Gasteiger partial charge on any atom is 0.199 e. The molecule has 1 heterocycles. The van der Waals surface area contributed by atoms with Gasteiger partial charge in [-0.2, -0.15) is 0 Å². The molecule has 0 aliphatic rings. The van der Waals surface area contributed by atoms with Crippen LogP contribution in [0.1, 0.15) is 28.4 Å². The van der Waals surface area contributed by atoms with Crippen molar-refractivity contribution in [3.8, 4) is 0 Å². The Morgan fingerprint density at radius 3 is 2.56 bits per heavy atom. The number of furan rings is 1. The van der Waals surface area contributed by atoms with Crippen LogP contribution in [0.25, 0.3) is 0 Å². The monoisotopic (exact) mass is 236 g/mol. The Bertz CT molecular complexity index is 502. The van der Waals surface area contributed by atoms with Crippen LogP contribution in [-0.4, -0.2) is 5.11 Å². The number of aryl methyl sites for hydroxylation is 1. The molecular weight excluding hydrogens is 224 g/mol. The molecule has 0 fully saturated rings. The van der Waals surface area contributed by atoms with Gasteiger partial charge in [0.1, 0.15) is 6.10 Å². The van der Waals surface area contributed by atoms with Gasteiger partial charge < -0.3 is 9.52 Å².